The van der Waals surface area contributed by atoms with Gasteiger partial charge in [0.2, 0.25) is 10.0 Å². The molecule has 8 nitrogen and oxygen atoms in total. The molecule has 0 saturated heterocycles. The van der Waals surface area contributed by atoms with Crippen molar-refractivity contribution in [3.05, 3.63) is 77.6 Å². The molecule has 0 bridgehead atoms. The summed E-state index contributed by atoms with van der Waals surface area (Å²) in [6.07, 6.45) is 0.408. The number of amides is 2. The first-order valence-electron chi connectivity index (χ1n) is 12.8. The van der Waals surface area contributed by atoms with Crippen molar-refractivity contribution in [3.8, 4) is 22.5 Å². The van der Waals surface area contributed by atoms with Crippen LogP contribution in [0.3, 0.4) is 0 Å². The number of nitrogens with one attached hydrogen (secondary N) is 3. The Balaban J connectivity index is 1.98. The maximum atomic E-state index is 13.6. The van der Waals surface area contributed by atoms with Crippen molar-refractivity contribution < 1.29 is 26.8 Å². The number of furan rings is 1. The Bertz CT molecular complexity index is 1690. The molecule has 0 aliphatic carbocycles. The van der Waals surface area contributed by atoms with Gasteiger partial charge in [0.25, 0.3) is 11.8 Å². The summed E-state index contributed by atoms with van der Waals surface area (Å²) in [7, 11) is -2.22. The summed E-state index contributed by atoms with van der Waals surface area (Å²) < 4.78 is 48.0. The lowest BCUT2D eigenvalue weighted by Crippen LogP contribution is -2.40. The fourth-order valence-electron chi connectivity index (χ4n) is 4.35. The quantitative estimate of drug-likeness (QED) is 0.244. The van der Waals surface area contributed by atoms with Crippen LogP contribution in [0.15, 0.2) is 65.1 Å². The number of fused-ring (bicyclic) bond motifs is 1. The highest BCUT2D eigenvalue weighted by atomic mass is 32.2. The van der Waals surface area contributed by atoms with Crippen LogP contribution < -0.4 is 15.4 Å². The number of benzene rings is 3. The largest absolute Gasteiger partial charge is 0.455 e. The van der Waals surface area contributed by atoms with Crippen LogP contribution in [0, 0.1) is 5.82 Å². The molecule has 0 saturated carbocycles. The average Bonchev–Trinajstić information content (AvgIpc) is 3.25. The lowest BCUT2D eigenvalue weighted by molar-refractivity contribution is 0.0918. The second kappa shape index (κ2) is 11.1. The molecule has 10 heteroatoms. The Kier molecular flexibility index (Phi) is 8.02. The Labute approximate surface area is 233 Å². The molecule has 1 heterocycles. The molecule has 0 atom stereocenters. The molecular formula is C30H32FN3O5S. The predicted octanol–water partition coefficient (Wildman–Crippen LogP) is 5.95. The highest BCUT2D eigenvalue weighted by Crippen LogP contribution is 2.40. The van der Waals surface area contributed by atoms with Crippen LogP contribution in [0.5, 0.6) is 0 Å². The number of sulfonamides is 1. The Morgan fingerprint density at radius 2 is 1.65 bits per heavy atom. The zero-order chi connectivity index (χ0) is 29.2. The van der Waals surface area contributed by atoms with Gasteiger partial charge in [0, 0.05) is 40.7 Å². The van der Waals surface area contributed by atoms with Crippen LogP contribution in [0.4, 0.5) is 10.1 Å². The summed E-state index contributed by atoms with van der Waals surface area (Å²) in [4.78, 5) is 26.0. The smallest absolute Gasteiger partial charge is 0.255 e. The predicted molar refractivity (Wildman–Crippen MR) is 155 cm³/mol. The third-order valence-electron chi connectivity index (χ3n) is 6.05. The summed E-state index contributed by atoms with van der Waals surface area (Å²) in [5, 5.41) is 5.97. The second-order valence-electron chi connectivity index (χ2n) is 10.5. The minimum Gasteiger partial charge on any atom is -0.455 e. The molecule has 4 aromatic rings. The number of halogens is 1. The molecule has 3 N–H and O–H groups in total. The van der Waals surface area contributed by atoms with Gasteiger partial charge in [-0.1, -0.05) is 19.1 Å². The Morgan fingerprint density at radius 3 is 2.27 bits per heavy atom. The molecule has 0 radical (unpaired) electrons. The van der Waals surface area contributed by atoms with Crippen molar-refractivity contribution in [1.82, 2.24) is 10.6 Å². The van der Waals surface area contributed by atoms with Crippen molar-refractivity contribution in [1.29, 1.82) is 0 Å². The molecule has 1 aromatic heterocycles. The maximum absolute atomic E-state index is 13.6. The molecule has 0 unspecified atom stereocenters. The van der Waals surface area contributed by atoms with Gasteiger partial charge in [-0.3, -0.25) is 14.3 Å². The van der Waals surface area contributed by atoms with E-state index in [1.807, 2.05) is 20.8 Å². The molecule has 0 spiro atoms. The fraction of sp³-hybridized carbons (Fsp3) is 0.267. The van der Waals surface area contributed by atoms with Gasteiger partial charge in [-0.15, -0.1) is 0 Å². The molecule has 0 aliphatic rings. The SMILES string of the molecule is CCCS(=O)(=O)Nc1cc2oc(-c3ccc(F)cc3)c(C(=O)NC)c2cc1-c1cccc(C(=O)NC(C)(C)C)c1. The number of hydrogen-bond donors (Lipinski definition) is 3. The van der Waals surface area contributed by atoms with Gasteiger partial charge < -0.3 is 15.1 Å². The third kappa shape index (κ3) is 6.34. The summed E-state index contributed by atoms with van der Waals surface area (Å²) in [6, 6.07) is 15.5. The standard InChI is InChI=1S/C30H32FN3O5S/c1-6-14-40(37,38)34-24-17-25-23(26(29(36)32-5)27(39-25)18-10-12-21(31)13-11-18)16-22(24)19-8-7-9-20(15-19)28(35)33-30(2,3)4/h7-13,15-17,34H,6,14H2,1-5H3,(H,32,36)(H,33,35). The zero-order valence-corrected chi connectivity index (χ0v) is 23.8. The number of rotatable bonds is 8. The van der Waals surface area contributed by atoms with Gasteiger partial charge in [0.15, 0.2) is 0 Å². The topological polar surface area (TPSA) is 118 Å². The van der Waals surface area contributed by atoms with Gasteiger partial charge in [-0.05, 0) is 75.2 Å². The third-order valence-corrected chi connectivity index (χ3v) is 7.53. The fourth-order valence-corrected chi connectivity index (χ4v) is 5.49. The van der Waals surface area contributed by atoms with Gasteiger partial charge in [-0.2, -0.15) is 0 Å². The normalized spacial score (nSPS) is 11.8. The molecular weight excluding hydrogens is 533 g/mol. The molecule has 2 amide bonds. The van der Waals surface area contributed by atoms with E-state index in [0.717, 1.165) is 0 Å². The van der Waals surface area contributed by atoms with Crippen LogP contribution in [0.25, 0.3) is 33.4 Å². The van der Waals surface area contributed by atoms with E-state index < -0.39 is 27.3 Å². The van der Waals surface area contributed by atoms with Gasteiger partial charge in [0.05, 0.1) is 17.0 Å². The van der Waals surface area contributed by atoms with Crippen LogP contribution in [-0.4, -0.2) is 38.6 Å². The van der Waals surface area contributed by atoms with E-state index in [9.17, 15) is 22.4 Å². The van der Waals surface area contributed by atoms with Crippen molar-refractivity contribution in [3.63, 3.8) is 0 Å². The minimum atomic E-state index is -3.71. The summed E-state index contributed by atoms with van der Waals surface area (Å²) >= 11 is 0. The lowest BCUT2D eigenvalue weighted by atomic mass is 9.97. The molecule has 210 valence electrons. The number of hydrogen-bond acceptors (Lipinski definition) is 5. The van der Waals surface area contributed by atoms with Gasteiger partial charge in [0.1, 0.15) is 17.2 Å². The van der Waals surface area contributed by atoms with E-state index >= 15 is 0 Å². The molecule has 0 aliphatic heterocycles. The lowest BCUT2D eigenvalue weighted by Gasteiger charge is -2.21. The second-order valence-corrected chi connectivity index (χ2v) is 12.3. The first kappa shape index (κ1) is 28.8. The number of anilines is 1. The van der Waals surface area contributed by atoms with E-state index in [1.54, 1.807) is 37.3 Å². The van der Waals surface area contributed by atoms with Crippen LogP contribution >= 0.6 is 0 Å². The van der Waals surface area contributed by atoms with E-state index in [2.05, 4.69) is 15.4 Å². The monoisotopic (exact) mass is 565 g/mol. The molecule has 3 aromatic carbocycles. The molecule has 40 heavy (non-hydrogen) atoms. The Morgan fingerprint density at radius 1 is 0.950 bits per heavy atom. The maximum Gasteiger partial charge on any atom is 0.255 e. The number of carbonyl (C=O) groups excluding carboxylic acids is 2. The van der Waals surface area contributed by atoms with Crippen molar-refractivity contribution in [2.45, 2.75) is 39.7 Å². The summed E-state index contributed by atoms with van der Waals surface area (Å²) in [5.74, 6) is -1.03. The van der Waals surface area contributed by atoms with E-state index in [1.165, 1.54) is 37.4 Å². The zero-order valence-electron chi connectivity index (χ0n) is 23.0. The molecule has 4 rings (SSSR count). The van der Waals surface area contributed by atoms with Crippen molar-refractivity contribution in [2.75, 3.05) is 17.5 Å². The average molecular weight is 566 g/mol. The number of carbonyl (C=O) groups is 2. The van der Waals surface area contributed by atoms with Crippen molar-refractivity contribution in [2.24, 2.45) is 0 Å². The van der Waals surface area contributed by atoms with Gasteiger partial charge >= 0.3 is 0 Å². The van der Waals surface area contributed by atoms with Crippen LogP contribution in [0.1, 0.15) is 54.8 Å². The van der Waals surface area contributed by atoms with Crippen molar-refractivity contribution >= 4 is 38.5 Å². The Hall–Kier alpha value is -4.18. The van der Waals surface area contributed by atoms with E-state index in [4.69, 9.17) is 4.42 Å². The van der Waals surface area contributed by atoms with Crippen LogP contribution in [-0.2, 0) is 10.0 Å². The molecule has 0 fully saturated rings. The van der Waals surface area contributed by atoms with Crippen LogP contribution in [0.2, 0.25) is 0 Å². The van der Waals surface area contributed by atoms with E-state index in [-0.39, 0.29) is 34.3 Å². The highest BCUT2D eigenvalue weighted by Gasteiger charge is 2.25. The van der Waals surface area contributed by atoms with Gasteiger partial charge in [-0.25, -0.2) is 12.8 Å². The highest BCUT2D eigenvalue weighted by molar-refractivity contribution is 7.92. The van der Waals surface area contributed by atoms with E-state index in [0.29, 0.717) is 34.1 Å². The minimum absolute atomic E-state index is 0.0962. The summed E-state index contributed by atoms with van der Waals surface area (Å²) in [5.41, 5.74) is 2.14. The first-order chi connectivity index (χ1) is 18.8. The summed E-state index contributed by atoms with van der Waals surface area (Å²) in [6.45, 7) is 7.39. The first-order valence-corrected chi connectivity index (χ1v) is 14.5.